The fraction of sp³-hybridized carbons (Fsp3) is 0.0625. The van der Waals surface area contributed by atoms with Gasteiger partial charge in [-0.1, -0.05) is 16.8 Å². The molecule has 0 aliphatic heterocycles. The summed E-state index contributed by atoms with van der Waals surface area (Å²) < 4.78 is 10.7. The third-order valence-corrected chi connectivity index (χ3v) is 3.20. The zero-order valence-electron chi connectivity index (χ0n) is 11.4. The molecular formula is C16H11ClN2O3. The van der Waals surface area contributed by atoms with Gasteiger partial charge in [0.1, 0.15) is 12.0 Å². The number of hydrogen-bond donors (Lipinski definition) is 0. The van der Waals surface area contributed by atoms with Crippen LogP contribution in [-0.2, 0) is 6.61 Å². The molecular weight excluding hydrogens is 304 g/mol. The van der Waals surface area contributed by atoms with E-state index in [2.05, 4.69) is 10.1 Å². The SMILES string of the molecule is O=Cc1ccc(OCc2noc(-c3ccc(Cl)cc3)n2)cc1. The van der Waals surface area contributed by atoms with Gasteiger partial charge in [-0.3, -0.25) is 4.79 Å². The van der Waals surface area contributed by atoms with Gasteiger partial charge in [0.2, 0.25) is 5.82 Å². The molecule has 110 valence electrons. The molecule has 6 heteroatoms. The summed E-state index contributed by atoms with van der Waals surface area (Å²) in [5, 5.41) is 4.51. The van der Waals surface area contributed by atoms with Crippen LogP contribution in [0.15, 0.2) is 53.1 Å². The van der Waals surface area contributed by atoms with Gasteiger partial charge in [-0.2, -0.15) is 4.98 Å². The summed E-state index contributed by atoms with van der Waals surface area (Å²) in [4.78, 5) is 14.8. The van der Waals surface area contributed by atoms with Crippen LogP contribution in [0.1, 0.15) is 16.2 Å². The number of halogens is 1. The zero-order chi connectivity index (χ0) is 15.4. The molecule has 0 amide bonds. The lowest BCUT2D eigenvalue weighted by molar-refractivity contribution is 0.112. The van der Waals surface area contributed by atoms with Crippen LogP contribution in [0.2, 0.25) is 5.02 Å². The molecule has 0 aliphatic carbocycles. The summed E-state index contributed by atoms with van der Waals surface area (Å²) >= 11 is 5.84. The highest BCUT2D eigenvalue weighted by Crippen LogP contribution is 2.20. The Kier molecular flexibility index (Phi) is 4.16. The van der Waals surface area contributed by atoms with E-state index in [0.29, 0.717) is 28.1 Å². The Hall–Kier alpha value is -2.66. The average molecular weight is 315 g/mol. The number of benzene rings is 2. The van der Waals surface area contributed by atoms with Crippen molar-refractivity contribution in [1.82, 2.24) is 10.1 Å². The van der Waals surface area contributed by atoms with E-state index in [1.165, 1.54) is 0 Å². The minimum Gasteiger partial charge on any atom is -0.485 e. The molecule has 0 N–H and O–H groups in total. The fourth-order valence-corrected chi connectivity index (χ4v) is 1.94. The van der Waals surface area contributed by atoms with Gasteiger partial charge >= 0.3 is 0 Å². The second-order valence-corrected chi connectivity index (χ2v) is 4.93. The number of rotatable bonds is 5. The van der Waals surface area contributed by atoms with E-state index >= 15 is 0 Å². The minimum absolute atomic E-state index is 0.178. The Morgan fingerprint density at radius 3 is 2.50 bits per heavy atom. The summed E-state index contributed by atoms with van der Waals surface area (Å²) in [6.07, 6.45) is 0.779. The van der Waals surface area contributed by atoms with Crippen LogP contribution < -0.4 is 4.74 Å². The lowest BCUT2D eigenvalue weighted by Gasteiger charge is -2.02. The standard InChI is InChI=1S/C16H11ClN2O3/c17-13-5-3-12(4-6-13)16-18-15(19-22-16)10-21-14-7-1-11(9-20)2-8-14/h1-9H,10H2. The molecule has 0 bridgehead atoms. The lowest BCUT2D eigenvalue weighted by Crippen LogP contribution is -1.97. The number of carbonyl (C=O) groups is 1. The number of hydrogen-bond acceptors (Lipinski definition) is 5. The average Bonchev–Trinajstić information content (AvgIpc) is 3.03. The largest absolute Gasteiger partial charge is 0.485 e. The van der Waals surface area contributed by atoms with Gasteiger partial charge in [0, 0.05) is 16.1 Å². The third kappa shape index (κ3) is 3.32. The summed E-state index contributed by atoms with van der Waals surface area (Å²) in [5.41, 5.74) is 1.38. The van der Waals surface area contributed by atoms with Gasteiger partial charge in [0.15, 0.2) is 6.61 Å². The molecule has 22 heavy (non-hydrogen) atoms. The van der Waals surface area contributed by atoms with Crippen LogP contribution >= 0.6 is 11.6 Å². The first-order chi connectivity index (χ1) is 10.7. The molecule has 1 aromatic heterocycles. The topological polar surface area (TPSA) is 65.2 Å². The first kappa shape index (κ1) is 14.3. The molecule has 0 radical (unpaired) electrons. The van der Waals surface area contributed by atoms with E-state index in [1.807, 2.05) is 0 Å². The van der Waals surface area contributed by atoms with Gasteiger partial charge in [-0.05, 0) is 48.5 Å². The lowest BCUT2D eigenvalue weighted by atomic mass is 10.2. The molecule has 0 atom stereocenters. The number of aldehydes is 1. The Morgan fingerprint density at radius 2 is 1.82 bits per heavy atom. The first-order valence-corrected chi connectivity index (χ1v) is 6.89. The summed E-state index contributed by atoms with van der Waals surface area (Å²) in [6, 6.07) is 13.9. The molecule has 0 unspecified atom stereocenters. The number of aromatic nitrogens is 2. The van der Waals surface area contributed by atoms with Crippen LogP contribution in [0.4, 0.5) is 0 Å². The monoisotopic (exact) mass is 314 g/mol. The molecule has 1 heterocycles. The van der Waals surface area contributed by atoms with E-state index in [-0.39, 0.29) is 6.61 Å². The second-order valence-electron chi connectivity index (χ2n) is 4.50. The maximum absolute atomic E-state index is 10.6. The van der Waals surface area contributed by atoms with Gasteiger partial charge in [-0.15, -0.1) is 0 Å². The molecule has 0 aliphatic rings. The van der Waals surface area contributed by atoms with Crippen molar-refractivity contribution in [2.75, 3.05) is 0 Å². The highest BCUT2D eigenvalue weighted by Gasteiger charge is 2.09. The number of nitrogens with zero attached hydrogens (tertiary/aromatic N) is 2. The Bertz CT molecular complexity index is 767. The maximum Gasteiger partial charge on any atom is 0.258 e. The predicted molar refractivity (Wildman–Crippen MR) is 80.9 cm³/mol. The van der Waals surface area contributed by atoms with Crippen molar-refractivity contribution in [1.29, 1.82) is 0 Å². The smallest absolute Gasteiger partial charge is 0.258 e. The molecule has 5 nitrogen and oxygen atoms in total. The molecule has 0 saturated heterocycles. The van der Waals surface area contributed by atoms with Crippen molar-refractivity contribution in [3.05, 3.63) is 64.9 Å². The van der Waals surface area contributed by atoms with Crippen LogP contribution in [0, 0.1) is 0 Å². The molecule has 2 aromatic carbocycles. The predicted octanol–water partition coefficient (Wildman–Crippen LogP) is 3.78. The van der Waals surface area contributed by atoms with Crippen molar-refractivity contribution in [2.24, 2.45) is 0 Å². The zero-order valence-corrected chi connectivity index (χ0v) is 12.2. The summed E-state index contributed by atoms with van der Waals surface area (Å²) in [5.74, 6) is 1.47. The quantitative estimate of drug-likeness (QED) is 0.670. The molecule has 3 aromatic rings. The Morgan fingerprint density at radius 1 is 1.09 bits per heavy atom. The van der Waals surface area contributed by atoms with Crippen LogP contribution in [0.3, 0.4) is 0 Å². The Balaban J connectivity index is 1.66. The molecule has 0 saturated carbocycles. The van der Waals surface area contributed by atoms with Gasteiger partial charge in [0.05, 0.1) is 0 Å². The van der Waals surface area contributed by atoms with Crippen molar-refractivity contribution >= 4 is 17.9 Å². The van der Waals surface area contributed by atoms with E-state index < -0.39 is 0 Å². The number of carbonyl (C=O) groups excluding carboxylic acids is 1. The van der Waals surface area contributed by atoms with Crippen molar-refractivity contribution < 1.29 is 14.1 Å². The highest BCUT2D eigenvalue weighted by molar-refractivity contribution is 6.30. The third-order valence-electron chi connectivity index (χ3n) is 2.94. The van der Waals surface area contributed by atoms with Crippen molar-refractivity contribution in [3.8, 4) is 17.2 Å². The number of ether oxygens (including phenoxy) is 1. The van der Waals surface area contributed by atoms with Crippen LogP contribution in [0.5, 0.6) is 5.75 Å². The fourth-order valence-electron chi connectivity index (χ4n) is 1.81. The molecule has 0 fully saturated rings. The van der Waals surface area contributed by atoms with Crippen molar-refractivity contribution in [3.63, 3.8) is 0 Å². The van der Waals surface area contributed by atoms with Gasteiger partial charge in [-0.25, -0.2) is 0 Å². The van der Waals surface area contributed by atoms with E-state index in [1.54, 1.807) is 48.5 Å². The minimum atomic E-state index is 0.178. The van der Waals surface area contributed by atoms with Gasteiger partial charge in [0.25, 0.3) is 5.89 Å². The van der Waals surface area contributed by atoms with Crippen molar-refractivity contribution in [2.45, 2.75) is 6.61 Å². The highest BCUT2D eigenvalue weighted by atomic mass is 35.5. The molecule has 3 rings (SSSR count). The van der Waals surface area contributed by atoms with E-state index in [0.717, 1.165) is 11.8 Å². The summed E-state index contributed by atoms with van der Waals surface area (Å²) in [6.45, 7) is 0.178. The summed E-state index contributed by atoms with van der Waals surface area (Å²) in [7, 11) is 0. The van der Waals surface area contributed by atoms with E-state index in [9.17, 15) is 4.79 Å². The second kappa shape index (κ2) is 6.41. The normalized spacial score (nSPS) is 10.4. The van der Waals surface area contributed by atoms with Crippen LogP contribution in [-0.4, -0.2) is 16.4 Å². The maximum atomic E-state index is 10.6. The van der Waals surface area contributed by atoms with Crippen LogP contribution in [0.25, 0.3) is 11.5 Å². The van der Waals surface area contributed by atoms with Gasteiger partial charge < -0.3 is 9.26 Å². The molecule has 0 spiro atoms. The first-order valence-electron chi connectivity index (χ1n) is 6.51. The Labute approximate surface area is 131 Å². The van der Waals surface area contributed by atoms with E-state index in [4.69, 9.17) is 20.9 Å².